The van der Waals surface area contributed by atoms with Crippen LogP contribution in [0.1, 0.15) is 35.1 Å². The number of hydrogen-bond donors (Lipinski definition) is 0. The largest absolute Gasteiger partial charge is 0.494 e. The van der Waals surface area contributed by atoms with E-state index >= 15 is 0 Å². The maximum absolute atomic E-state index is 6.40. The molecule has 1 saturated heterocycles. The minimum atomic E-state index is -0.474. The monoisotopic (exact) mass is 1170 g/mol. The van der Waals surface area contributed by atoms with Gasteiger partial charge >= 0.3 is 7.12 Å². The Morgan fingerprint density at radius 3 is 1.01 bits per heavy atom. The Balaban J connectivity index is 0.000000159. The highest BCUT2D eigenvalue weighted by molar-refractivity contribution is 6.62. The molecule has 0 saturated carbocycles. The van der Waals surface area contributed by atoms with Crippen LogP contribution in [-0.2, 0) is 9.31 Å². The smallest absolute Gasteiger partial charge is 0.456 e. The molecule has 1 aliphatic heterocycles. The molecule has 1 aliphatic rings. The second-order valence-electron chi connectivity index (χ2n) is 23.2. The molecule has 15 aromatic rings. The van der Waals surface area contributed by atoms with E-state index in [1.54, 1.807) is 0 Å². The number of benzene rings is 11. The maximum Gasteiger partial charge on any atom is 0.494 e. The summed E-state index contributed by atoms with van der Waals surface area (Å²) in [5, 5.41) is 3.90. The molecule has 5 heterocycles. The minimum absolute atomic E-state index is 0. The molecular weight excluding hydrogens is 1110 g/mol. The van der Waals surface area contributed by atoms with Gasteiger partial charge in [-0.2, -0.15) is 0 Å². The van der Waals surface area contributed by atoms with Gasteiger partial charge in [0.25, 0.3) is 0 Å². The topological polar surface area (TPSA) is 122 Å². The van der Waals surface area contributed by atoms with E-state index in [1.807, 2.05) is 170 Å². The van der Waals surface area contributed by atoms with Crippen molar-refractivity contribution in [1.82, 2.24) is 29.9 Å². The van der Waals surface area contributed by atoms with Crippen LogP contribution >= 0.6 is 0 Å². The molecule has 0 amide bonds. The second kappa shape index (κ2) is 23.6. The molecule has 90 heavy (non-hydrogen) atoms. The highest BCUT2D eigenvalue weighted by Crippen LogP contribution is 2.42. The lowest BCUT2D eigenvalue weighted by atomic mass is 9.78. The van der Waals surface area contributed by atoms with Gasteiger partial charge in [0.15, 0.2) is 34.9 Å². The Morgan fingerprint density at radius 1 is 0.267 bits per heavy atom. The van der Waals surface area contributed by atoms with Crippen LogP contribution in [0.3, 0.4) is 0 Å². The molecule has 0 aliphatic carbocycles. The summed E-state index contributed by atoms with van der Waals surface area (Å²) >= 11 is 0. The quantitative estimate of drug-likeness (QED) is 0.122. The first-order chi connectivity index (χ1) is 43.6. The van der Waals surface area contributed by atoms with Crippen LogP contribution in [0, 0.1) is 0 Å². The van der Waals surface area contributed by atoms with E-state index in [2.05, 4.69) is 131 Å². The molecule has 11 aromatic carbocycles. The standard InChI is InChI=1S/C45H29N3O.C33H28BN3O3.CH4/c1-4-12-30(13-5-1)31-22-24-32(25-23-31)35-18-10-19-36(28-35)37-26-27-40-39(29-37)42-38(20-11-21-41(42)49-40)45-47-43(33-14-6-2-7-15-33)46-44(48-45)34-16-8-3-9-17-34;1-32(2)33(3,4)40-34(39-32)23-18-19-26-25(20-23)28-24(16-11-17-27(28)38-26)31-36-29(21-12-7-5-8-13-21)35-30(37-31)22-14-9-6-10-15-22;/h1-29H;5-20H,1-4H3;1H4. The molecule has 0 N–H and O–H groups in total. The fourth-order valence-corrected chi connectivity index (χ4v) is 11.6. The second-order valence-corrected chi connectivity index (χ2v) is 23.2. The first kappa shape index (κ1) is 56.8. The van der Waals surface area contributed by atoms with Gasteiger partial charge in [-0.1, -0.05) is 244 Å². The predicted molar refractivity (Wildman–Crippen MR) is 366 cm³/mol. The van der Waals surface area contributed by atoms with Crippen molar-refractivity contribution in [2.24, 2.45) is 0 Å². The molecule has 10 nitrogen and oxygen atoms in total. The van der Waals surface area contributed by atoms with Crippen LogP contribution in [0.4, 0.5) is 0 Å². The number of aromatic nitrogens is 6. The Labute approximate surface area is 522 Å². The van der Waals surface area contributed by atoms with E-state index in [0.29, 0.717) is 34.9 Å². The summed E-state index contributed by atoms with van der Waals surface area (Å²) in [6.07, 6.45) is 0. The van der Waals surface area contributed by atoms with Crippen molar-refractivity contribution in [2.75, 3.05) is 0 Å². The van der Waals surface area contributed by atoms with E-state index < -0.39 is 18.3 Å². The highest BCUT2D eigenvalue weighted by Gasteiger charge is 2.51. The van der Waals surface area contributed by atoms with Crippen LogP contribution < -0.4 is 5.46 Å². The number of furan rings is 2. The molecule has 0 bridgehead atoms. The zero-order valence-corrected chi connectivity index (χ0v) is 49.4. The zero-order valence-electron chi connectivity index (χ0n) is 49.4. The Hall–Kier alpha value is -11.0. The molecular formula is C79H61BN6O4. The normalized spacial score (nSPS) is 13.3. The first-order valence-corrected chi connectivity index (χ1v) is 29.8. The Kier molecular flexibility index (Phi) is 14.9. The lowest BCUT2D eigenvalue weighted by molar-refractivity contribution is 0.00578. The zero-order chi connectivity index (χ0) is 60.1. The fraction of sp³-hybridized carbons (Fsp3) is 0.0886. The van der Waals surface area contributed by atoms with Crippen molar-refractivity contribution in [1.29, 1.82) is 0 Å². The van der Waals surface area contributed by atoms with Crippen molar-refractivity contribution >= 4 is 56.5 Å². The summed E-state index contributed by atoms with van der Waals surface area (Å²) in [7, 11) is -0.474. The summed E-state index contributed by atoms with van der Waals surface area (Å²) in [6.45, 7) is 8.25. The van der Waals surface area contributed by atoms with Gasteiger partial charge in [-0.25, -0.2) is 29.9 Å². The van der Waals surface area contributed by atoms with Crippen molar-refractivity contribution in [3.63, 3.8) is 0 Å². The average Bonchev–Trinajstić information content (AvgIpc) is 1.83. The fourth-order valence-electron chi connectivity index (χ4n) is 11.6. The van der Waals surface area contributed by atoms with Gasteiger partial charge in [0, 0.05) is 54.9 Å². The van der Waals surface area contributed by atoms with E-state index in [-0.39, 0.29) is 7.43 Å². The van der Waals surface area contributed by atoms with Gasteiger partial charge in [0.05, 0.1) is 11.2 Å². The summed E-state index contributed by atoms with van der Waals surface area (Å²) in [5.74, 6) is 3.68. The predicted octanol–water partition coefficient (Wildman–Crippen LogP) is 19.5. The summed E-state index contributed by atoms with van der Waals surface area (Å²) in [5.41, 5.74) is 15.8. The van der Waals surface area contributed by atoms with Gasteiger partial charge in [0.2, 0.25) is 0 Å². The summed E-state index contributed by atoms with van der Waals surface area (Å²) in [4.78, 5) is 29.7. The van der Waals surface area contributed by atoms with Gasteiger partial charge < -0.3 is 18.1 Å². The molecule has 4 aromatic heterocycles. The third-order valence-corrected chi connectivity index (χ3v) is 16.9. The van der Waals surface area contributed by atoms with Crippen molar-refractivity contribution in [2.45, 2.75) is 46.3 Å². The van der Waals surface area contributed by atoms with Gasteiger partial charge in [-0.3, -0.25) is 0 Å². The number of nitrogens with zero attached hydrogens (tertiary/aromatic N) is 6. The van der Waals surface area contributed by atoms with E-state index in [0.717, 1.165) is 93.8 Å². The van der Waals surface area contributed by atoms with Gasteiger partial charge in [-0.05, 0) is 103 Å². The minimum Gasteiger partial charge on any atom is -0.456 e. The van der Waals surface area contributed by atoms with Crippen LogP contribution in [-0.4, -0.2) is 48.2 Å². The lowest BCUT2D eigenvalue weighted by Crippen LogP contribution is -2.41. The van der Waals surface area contributed by atoms with E-state index in [4.69, 9.17) is 48.0 Å². The highest BCUT2D eigenvalue weighted by atomic mass is 16.7. The Morgan fingerprint density at radius 2 is 0.578 bits per heavy atom. The van der Waals surface area contributed by atoms with Gasteiger partial charge in [0.1, 0.15) is 22.3 Å². The van der Waals surface area contributed by atoms with Crippen LogP contribution in [0.15, 0.2) is 282 Å². The molecule has 0 unspecified atom stereocenters. The van der Waals surface area contributed by atoms with E-state index in [1.165, 1.54) is 22.3 Å². The van der Waals surface area contributed by atoms with Crippen LogP contribution in [0.25, 0.3) is 146 Å². The van der Waals surface area contributed by atoms with Crippen molar-refractivity contribution in [3.05, 3.63) is 273 Å². The lowest BCUT2D eigenvalue weighted by Gasteiger charge is -2.32. The summed E-state index contributed by atoms with van der Waals surface area (Å²) < 4.78 is 25.4. The first-order valence-electron chi connectivity index (χ1n) is 29.8. The SMILES string of the molecule is C.CC1(C)OB(c2ccc3oc4cccc(-c5nc(-c6ccccc6)nc(-c6ccccc6)n5)c4c3c2)OC1(C)C.c1ccc(-c2ccc(-c3cccc(-c4ccc5oc6cccc(-c7nc(-c8ccccc8)nc(-c8ccccc8)n7)c6c5c4)c3)cc2)cc1. The third-order valence-electron chi connectivity index (χ3n) is 16.9. The van der Waals surface area contributed by atoms with Crippen molar-refractivity contribution < 1.29 is 18.1 Å². The Bertz CT molecular complexity index is 4950. The third kappa shape index (κ3) is 10.9. The number of fused-ring (bicyclic) bond motifs is 6. The molecule has 11 heteroatoms. The maximum atomic E-state index is 6.40. The van der Waals surface area contributed by atoms with E-state index in [9.17, 15) is 0 Å². The molecule has 16 rings (SSSR count). The van der Waals surface area contributed by atoms with Crippen LogP contribution in [0.2, 0.25) is 0 Å². The molecule has 0 spiro atoms. The van der Waals surface area contributed by atoms with Crippen LogP contribution in [0.5, 0.6) is 0 Å². The molecule has 1 fully saturated rings. The molecule has 0 atom stereocenters. The molecule has 434 valence electrons. The van der Waals surface area contributed by atoms with Crippen molar-refractivity contribution in [3.8, 4) is 102 Å². The summed E-state index contributed by atoms with van der Waals surface area (Å²) in [6, 6.07) is 92.6. The van der Waals surface area contributed by atoms with Gasteiger partial charge in [-0.15, -0.1) is 0 Å². The number of rotatable bonds is 10. The number of hydrogen-bond acceptors (Lipinski definition) is 10. The molecule has 0 radical (unpaired) electrons. The average molecular weight is 1170 g/mol.